The third-order valence-corrected chi connectivity index (χ3v) is 2.31. The van der Waals surface area contributed by atoms with Gasteiger partial charge in [-0.25, -0.2) is 0 Å². The summed E-state index contributed by atoms with van der Waals surface area (Å²) in [6.07, 6.45) is 2.08. The minimum atomic E-state index is -0.441. The summed E-state index contributed by atoms with van der Waals surface area (Å²) in [5.74, 6) is 0.0275. The van der Waals surface area contributed by atoms with Crippen LogP contribution in [0.3, 0.4) is 0 Å². The van der Waals surface area contributed by atoms with Gasteiger partial charge in [0.2, 0.25) is 0 Å². The van der Waals surface area contributed by atoms with Gasteiger partial charge in [-0.3, -0.25) is 4.79 Å². The molecule has 0 heterocycles. The number of rotatable bonds is 8. The van der Waals surface area contributed by atoms with Crippen LogP contribution in [0.4, 0.5) is 0 Å². The van der Waals surface area contributed by atoms with Crippen LogP contribution in [0.15, 0.2) is 0 Å². The Kier molecular flexibility index (Phi) is 5.60. The van der Waals surface area contributed by atoms with Crippen LogP contribution in [0.5, 0.6) is 0 Å². The largest absolute Gasteiger partial charge is 0.462 e. The van der Waals surface area contributed by atoms with E-state index in [9.17, 15) is 4.79 Å². The molecule has 88 valence electrons. The van der Waals surface area contributed by atoms with Crippen molar-refractivity contribution in [2.75, 3.05) is 33.5 Å². The molecule has 0 amide bonds. The first-order valence-electron chi connectivity index (χ1n) is 5.24. The van der Waals surface area contributed by atoms with E-state index in [2.05, 4.69) is 0 Å². The molecule has 1 saturated carbocycles. The Morgan fingerprint density at radius 2 is 2.00 bits per heavy atom. The maximum Gasteiger partial charge on any atom is 0.323 e. The number of hydrogen-bond donors (Lipinski definition) is 1. The molecule has 1 aliphatic rings. The second-order valence-corrected chi connectivity index (χ2v) is 3.64. The Morgan fingerprint density at radius 1 is 1.33 bits per heavy atom. The molecule has 1 atom stereocenters. The molecule has 0 spiro atoms. The summed E-state index contributed by atoms with van der Waals surface area (Å²) < 4.78 is 14.9. The summed E-state index contributed by atoms with van der Waals surface area (Å²) in [6.45, 7) is 1.73. The van der Waals surface area contributed by atoms with Gasteiger partial charge < -0.3 is 19.9 Å². The Morgan fingerprint density at radius 3 is 2.60 bits per heavy atom. The molecule has 1 aliphatic carbocycles. The van der Waals surface area contributed by atoms with Gasteiger partial charge in [0, 0.05) is 7.11 Å². The van der Waals surface area contributed by atoms with Crippen LogP contribution in [0.2, 0.25) is 0 Å². The van der Waals surface area contributed by atoms with E-state index in [0.29, 0.717) is 25.7 Å². The first kappa shape index (κ1) is 12.4. The topological polar surface area (TPSA) is 70.8 Å². The Bertz CT molecular complexity index is 194. The quantitative estimate of drug-likeness (QED) is 0.455. The maximum atomic E-state index is 11.3. The molecule has 0 radical (unpaired) electrons. The minimum Gasteiger partial charge on any atom is -0.462 e. The highest BCUT2D eigenvalue weighted by atomic mass is 16.6. The van der Waals surface area contributed by atoms with E-state index in [1.165, 1.54) is 0 Å². The third kappa shape index (κ3) is 5.11. The lowest BCUT2D eigenvalue weighted by Crippen LogP contribution is -2.34. The predicted octanol–water partition coefficient (Wildman–Crippen LogP) is -0.0701. The SMILES string of the molecule is COCCOCCOC(=O)C(N)C1CC1. The average Bonchev–Trinajstić information content (AvgIpc) is 3.05. The minimum absolute atomic E-state index is 0.267. The van der Waals surface area contributed by atoms with Crippen molar-refractivity contribution in [3.8, 4) is 0 Å². The second kappa shape index (κ2) is 6.76. The number of hydrogen-bond acceptors (Lipinski definition) is 5. The van der Waals surface area contributed by atoms with E-state index in [0.717, 1.165) is 12.8 Å². The molecule has 0 aromatic carbocycles. The molecular formula is C10H19NO4. The molecule has 1 rings (SSSR count). The molecule has 5 nitrogen and oxygen atoms in total. The summed E-state index contributed by atoms with van der Waals surface area (Å²) in [4.78, 5) is 11.3. The highest BCUT2D eigenvalue weighted by Gasteiger charge is 2.34. The fraction of sp³-hybridized carbons (Fsp3) is 0.900. The Balaban J connectivity index is 1.92. The van der Waals surface area contributed by atoms with E-state index < -0.39 is 6.04 Å². The molecule has 0 aromatic rings. The zero-order valence-electron chi connectivity index (χ0n) is 9.11. The second-order valence-electron chi connectivity index (χ2n) is 3.64. The number of esters is 1. The number of ether oxygens (including phenoxy) is 3. The molecule has 0 aliphatic heterocycles. The van der Waals surface area contributed by atoms with Gasteiger partial charge in [0.25, 0.3) is 0 Å². The van der Waals surface area contributed by atoms with E-state index in [-0.39, 0.29) is 12.6 Å². The van der Waals surface area contributed by atoms with Gasteiger partial charge in [0.15, 0.2) is 0 Å². The standard InChI is InChI=1S/C10H19NO4/c1-13-4-5-14-6-7-15-10(12)9(11)8-2-3-8/h8-9H,2-7,11H2,1H3. The van der Waals surface area contributed by atoms with Gasteiger partial charge in [-0.05, 0) is 18.8 Å². The Labute approximate surface area is 89.9 Å². The van der Waals surface area contributed by atoms with Gasteiger partial charge in [-0.15, -0.1) is 0 Å². The lowest BCUT2D eigenvalue weighted by Gasteiger charge is -2.10. The number of carbonyl (C=O) groups is 1. The van der Waals surface area contributed by atoms with Crippen molar-refractivity contribution < 1.29 is 19.0 Å². The summed E-state index contributed by atoms with van der Waals surface area (Å²) >= 11 is 0. The maximum absolute atomic E-state index is 11.3. The average molecular weight is 217 g/mol. The van der Waals surface area contributed by atoms with Crippen LogP contribution in [0, 0.1) is 5.92 Å². The predicted molar refractivity (Wildman–Crippen MR) is 54.4 cm³/mol. The fourth-order valence-corrected chi connectivity index (χ4v) is 1.19. The molecule has 0 saturated heterocycles. The van der Waals surface area contributed by atoms with E-state index >= 15 is 0 Å². The van der Waals surface area contributed by atoms with Crippen molar-refractivity contribution in [3.63, 3.8) is 0 Å². The van der Waals surface area contributed by atoms with Crippen molar-refractivity contribution in [2.45, 2.75) is 18.9 Å². The van der Waals surface area contributed by atoms with E-state index in [1.807, 2.05) is 0 Å². The van der Waals surface area contributed by atoms with Gasteiger partial charge in [-0.2, -0.15) is 0 Å². The van der Waals surface area contributed by atoms with Crippen molar-refractivity contribution in [3.05, 3.63) is 0 Å². The van der Waals surface area contributed by atoms with Gasteiger partial charge >= 0.3 is 5.97 Å². The molecule has 0 bridgehead atoms. The highest BCUT2D eigenvalue weighted by Crippen LogP contribution is 2.31. The van der Waals surface area contributed by atoms with Gasteiger partial charge in [-0.1, -0.05) is 0 Å². The van der Waals surface area contributed by atoms with Crippen molar-refractivity contribution in [1.29, 1.82) is 0 Å². The van der Waals surface area contributed by atoms with Gasteiger partial charge in [0.05, 0.1) is 19.8 Å². The van der Waals surface area contributed by atoms with Crippen molar-refractivity contribution in [2.24, 2.45) is 11.7 Å². The van der Waals surface area contributed by atoms with Crippen LogP contribution < -0.4 is 5.73 Å². The first-order valence-corrected chi connectivity index (χ1v) is 5.24. The van der Waals surface area contributed by atoms with E-state index in [1.54, 1.807) is 7.11 Å². The van der Waals surface area contributed by atoms with Crippen molar-refractivity contribution >= 4 is 5.97 Å². The van der Waals surface area contributed by atoms with Crippen LogP contribution >= 0.6 is 0 Å². The summed E-state index contributed by atoms with van der Waals surface area (Å²) in [6, 6.07) is -0.441. The smallest absolute Gasteiger partial charge is 0.323 e. The number of carbonyl (C=O) groups excluding carboxylic acids is 1. The van der Waals surface area contributed by atoms with Gasteiger partial charge in [0.1, 0.15) is 12.6 Å². The number of nitrogens with two attached hydrogens (primary N) is 1. The fourth-order valence-electron chi connectivity index (χ4n) is 1.19. The van der Waals surface area contributed by atoms with E-state index in [4.69, 9.17) is 19.9 Å². The third-order valence-electron chi connectivity index (χ3n) is 2.31. The normalized spacial score (nSPS) is 17.5. The van der Waals surface area contributed by atoms with Crippen LogP contribution in [-0.2, 0) is 19.0 Å². The summed E-state index contributed by atoms with van der Waals surface area (Å²) in [5, 5.41) is 0. The Hall–Kier alpha value is -0.650. The molecule has 2 N–H and O–H groups in total. The van der Waals surface area contributed by atoms with Crippen molar-refractivity contribution in [1.82, 2.24) is 0 Å². The summed E-state index contributed by atoms with van der Waals surface area (Å²) in [5.41, 5.74) is 5.65. The lowest BCUT2D eigenvalue weighted by atomic mass is 10.2. The van der Waals surface area contributed by atoms with Crippen LogP contribution in [0.25, 0.3) is 0 Å². The molecule has 5 heteroatoms. The lowest BCUT2D eigenvalue weighted by molar-refractivity contribution is -0.147. The monoisotopic (exact) mass is 217 g/mol. The van der Waals surface area contributed by atoms with Crippen LogP contribution in [-0.4, -0.2) is 45.5 Å². The number of methoxy groups -OCH3 is 1. The van der Waals surface area contributed by atoms with Crippen LogP contribution in [0.1, 0.15) is 12.8 Å². The zero-order valence-corrected chi connectivity index (χ0v) is 9.11. The molecular weight excluding hydrogens is 198 g/mol. The zero-order chi connectivity index (χ0) is 11.1. The molecule has 0 aromatic heterocycles. The highest BCUT2D eigenvalue weighted by molar-refractivity contribution is 5.76. The molecule has 1 unspecified atom stereocenters. The molecule has 15 heavy (non-hydrogen) atoms. The first-order chi connectivity index (χ1) is 7.25. The molecule has 1 fully saturated rings. The summed E-state index contributed by atoms with van der Waals surface area (Å²) in [7, 11) is 1.61.